The maximum Gasteiger partial charge on any atom is 0.331 e. The van der Waals surface area contributed by atoms with Gasteiger partial charge in [-0.25, -0.2) is 4.79 Å². The van der Waals surface area contributed by atoms with Gasteiger partial charge in [-0.3, -0.25) is 23.6 Å². The monoisotopic (exact) mass is 535 g/mol. The summed E-state index contributed by atoms with van der Waals surface area (Å²) in [5, 5.41) is 13.1. The summed E-state index contributed by atoms with van der Waals surface area (Å²) in [6, 6.07) is 26.8. The highest BCUT2D eigenvalue weighted by Crippen LogP contribution is 2.15. The number of aromatic nitrogens is 2. The number of para-hydroxylation sites is 1. The Balaban J connectivity index is 1.21. The first-order valence-corrected chi connectivity index (χ1v) is 13.8. The second-order valence-corrected chi connectivity index (χ2v) is 10.3. The molecule has 8 heteroatoms. The molecule has 0 spiro atoms. The van der Waals surface area contributed by atoms with Crippen LogP contribution in [0.1, 0.15) is 42.4 Å². The highest BCUT2D eigenvalue weighted by molar-refractivity contribution is 5.78. The van der Waals surface area contributed by atoms with Crippen LogP contribution >= 0.6 is 0 Å². The molecule has 0 bridgehead atoms. The van der Waals surface area contributed by atoms with Gasteiger partial charge in [-0.1, -0.05) is 60.7 Å². The van der Waals surface area contributed by atoms with E-state index < -0.39 is 5.69 Å². The largest absolute Gasteiger partial charge is 0.353 e. The normalized spacial score (nSPS) is 14.2. The van der Waals surface area contributed by atoms with Crippen molar-refractivity contribution in [3.8, 4) is 6.07 Å². The lowest BCUT2D eigenvalue weighted by Crippen LogP contribution is -2.44. The average molecular weight is 536 g/mol. The van der Waals surface area contributed by atoms with Crippen LogP contribution in [0.5, 0.6) is 0 Å². The Labute approximate surface area is 233 Å². The zero-order valence-electron chi connectivity index (χ0n) is 22.5. The van der Waals surface area contributed by atoms with E-state index in [1.54, 1.807) is 36.4 Å². The maximum atomic E-state index is 13.5. The van der Waals surface area contributed by atoms with Crippen LogP contribution in [-0.4, -0.2) is 39.1 Å². The third-order valence-electron chi connectivity index (χ3n) is 7.59. The maximum absolute atomic E-state index is 13.5. The number of nitriles is 1. The van der Waals surface area contributed by atoms with Crippen molar-refractivity contribution in [1.82, 2.24) is 19.4 Å². The third-order valence-corrected chi connectivity index (χ3v) is 7.59. The number of rotatable bonds is 9. The van der Waals surface area contributed by atoms with E-state index in [1.807, 2.05) is 18.2 Å². The van der Waals surface area contributed by atoms with Gasteiger partial charge in [0.2, 0.25) is 5.91 Å². The topological polar surface area (TPSA) is 100 Å². The van der Waals surface area contributed by atoms with Gasteiger partial charge in [0.1, 0.15) is 0 Å². The summed E-state index contributed by atoms with van der Waals surface area (Å²) >= 11 is 0. The predicted molar refractivity (Wildman–Crippen MR) is 155 cm³/mol. The summed E-state index contributed by atoms with van der Waals surface area (Å²) in [4.78, 5) is 41.8. The minimum absolute atomic E-state index is 0.0568. The lowest BCUT2D eigenvalue weighted by atomic mass is 10.0. The van der Waals surface area contributed by atoms with E-state index in [4.69, 9.17) is 0 Å². The lowest BCUT2D eigenvalue weighted by molar-refractivity contribution is -0.122. The molecule has 2 heterocycles. The zero-order chi connectivity index (χ0) is 27.9. The molecule has 8 nitrogen and oxygen atoms in total. The van der Waals surface area contributed by atoms with Gasteiger partial charge >= 0.3 is 5.69 Å². The van der Waals surface area contributed by atoms with Crippen molar-refractivity contribution in [3.63, 3.8) is 0 Å². The number of amides is 1. The number of hydrogen-bond acceptors (Lipinski definition) is 5. The molecule has 0 aliphatic carbocycles. The number of carbonyl (C=O) groups excluding carboxylic acids is 1. The van der Waals surface area contributed by atoms with Crippen molar-refractivity contribution in [1.29, 1.82) is 5.26 Å². The number of hydrogen-bond donors (Lipinski definition) is 1. The Morgan fingerprint density at radius 2 is 1.57 bits per heavy atom. The highest BCUT2D eigenvalue weighted by atomic mass is 16.2. The number of nitrogens with zero attached hydrogens (tertiary/aromatic N) is 4. The number of piperidine rings is 1. The molecule has 0 atom stereocenters. The Kier molecular flexibility index (Phi) is 8.53. The molecule has 40 heavy (non-hydrogen) atoms. The number of nitrogens with one attached hydrogen (secondary N) is 1. The van der Waals surface area contributed by atoms with Crippen LogP contribution in [0.4, 0.5) is 0 Å². The van der Waals surface area contributed by atoms with Crippen LogP contribution in [0.15, 0.2) is 88.5 Å². The molecular weight excluding hydrogens is 502 g/mol. The molecule has 1 amide bonds. The standard InChI is InChI=1S/C32H33N5O3/c33-21-25-11-4-5-12-26(25)23-37-29-14-7-6-13-28(29)31(39)36(32(37)40)18-8-15-30(38)34-27-16-19-35(20-17-27)22-24-9-2-1-3-10-24/h1-7,9-14,27H,8,15-20,22-23H2,(H,34,38). The molecular formula is C32H33N5O3. The quantitative estimate of drug-likeness (QED) is 0.353. The first-order valence-electron chi connectivity index (χ1n) is 13.8. The molecule has 1 N–H and O–H groups in total. The molecule has 204 valence electrons. The minimum atomic E-state index is -0.442. The second kappa shape index (κ2) is 12.6. The van der Waals surface area contributed by atoms with Crippen molar-refractivity contribution in [2.45, 2.75) is 51.4 Å². The molecule has 0 saturated carbocycles. The molecule has 0 unspecified atom stereocenters. The van der Waals surface area contributed by atoms with E-state index in [2.05, 4.69) is 40.6 Å². The van der Waals surface area contributed by atoms with Gasteiger partial charge in [-0.2, -0.15) is 5.26 Å². The molecule has 4 aromatic rings. The first kappa shape index (κ1) is 27.1. The third kappa shape index (κ3) is 6.22. The summed E-state index contributed by atoms with van der Waals surface area (Å²) in [5.41, 5.74) is 2.20. The van der Waals surface area contributed by atoms with Crippen molar-refractivity contribution >= 4 is 16.8 Å². The van der Waals surface area contributed by atoms with Crippen LogP contribution in [-0.2, 0) is 24.4 Å². The second-order valence-electron chi connectivity index (χ2n) is 10.3. The van der Waals surface area contributed by atoms with E-state index in [0.29, 0.717) is 28.5 Å². The number of benzene rings is 3. The van der Waals surface area contributed by atoms with Gasteiger partial charge in [0.25, 0.3) is 5.56 Å². The molecule has 0 radical (unpaired) electrons. The Morgan fingerprint density at radius 1 is 0.875 bits per heavy atom. The molecule has 1 aliphatic heterocycles. The van der Waals surface area contributed by atoms with Crippen molar-refractivity contribution in [2.75, 3.05) is 13.1 Å². The van der Waals surface area contributed by atoms with E-state index in [9.17, 15) is 19.6 Å². The summed E-state index contributed by atoms with van der Waals surface area (Å²) in [7, 11) is 0. The summed E-state index contributed by atoms with van der Waals surface area (Å²) in [6.45, 7) is 3.10. The average Bonchev–Trinajstić information content (AvgIpc) is 2.99. The first-order chi connectivity index (χ1) is 19.5. The molecule has 1 fully saturated rings. The highest BCUT2D eigenvalue weighted by Gasteiger charge is 2.21. The van der Waals surface area contributed by atoms with Gasteiger partial charge in [0.15, 0.2) is 0 Å². The Bertz CT molecular complexity index is 1640. The van der Waals surface area contributed by atoms with Crippen LogP contribution in [0.2, 0.25) is 0 Å². The molecule has 1 aromatic heterocycles. The Hall–Kier alpha value is -4.48. The zero-order valence-corrected chi connectivity index (χ0v) is 22.5. The fourth-order valence-electron chi connectivity index (χ4n) is 5.43. The van der Waals surface area contributed by atoms with Gasteiger partial charge < -0.3 is 5.32 Å². The molecule has 1 aliphatic rings. The number of likely N-dealkylation sites (tertiary alicyclic amines) is 1. The van der Waals surface area contributed by atoms with Crippen LogP contribution in [0.3, 0.4) is 0 Å². The fourth-order valence-corrected chi connectivity index (χ4v) is 5.43. The van der Waals surface area contributed by atoms with Gasteiger partial charge in [0, 0.05) is 38.6 Å². The molecule has 3 aromatic carbocycles. The smallest absolute Gasteiger partial charge is 0.331 e. The van der Waals surface area contributed by atoms with Crippen LogP contribution in [0.25, 0.3) is 10.9 Å². The SMILES string of the molecule is N#Cc1ccccc1Cn1c(=O)n(CCCC(=O)NC2CCN(Cc3ccccc3)CC2)c(=O)c2ccccc21. The van der Waals surface area contributed by atoms with E-state index >= 15 is 0 Å². The Morgan fingerprint density at radius 3 is 2.35 bits per heavy atom. The van der Waals surface area contributed by atoms with Crippen LogP contribution < -0.4 is 16.6 Å². The van der Waals surface area contributed by atoms with E-state index in [0.717, 1.165) is 32.5 Å². The summed E-state index contributed by atoms with van der Waals surface area (Å²) in [5.74, 6) is -0.0568. The van der Waals surface area contributed by atoms with E-state index in [1.165, 1.54) is 14.7 Å². The molecule has 5 rings (SSSR count). The van der Waals surface area contributed by atoms with Gasteiger partial charge in [-0.15, -0.1) is 0 Å². The van der Waals surface area contributed by atoms with Gasteiger partial charge in [-0.05, 0) is 48.6 Å². The van der Waals surface area contributed by atoms with Crippen molar-refractivity contribution in [2.24, 2.45) is 0 Å². The summed E-state index contributed by atoms with van der Waals surface area (Å²) < 4.78 is 2.75. The number of carbonyl (C=O) groups is 1. The van der Waals surface area contributed by atoms with Gasteiger partial charge in [0.05, 0.1) is 29.1 Å². The van der Waals surface area contributed by atoms with E-state index in [-0.39, 0.29) is 37.0 Å². The predicted octanol–water partition coefficient (Wildman–Crippen LogP) is 3.64. The van der Waals surface area contributed by atoms with Crippen molar-refractivity contribution in [3.05, 3.63) is 116 Å². The minimum Gasteiger partial charge on any atom is -0.353 e. The number of fused-ring (bicyclic) bond motifs is 1. The van der Waals surface area contributed by atoms with Crippen molar-refractivity contribution < 1.29 is 4.79 Å². The fraction of sp³-hybridized carbons (Fsp3) is 0.312. The lowest BCUT2D eigenvalue weighted by Gasteiger charge is -2.32. The van der Waals surface area contributed by atoms with Crippen LogP contribution in [0, 0.1) is 11.3 Å². The molecule has 1 saturated heterocycles. The summed E-state index contributed by atoms with van der Waals surface area (Å²) in [6.07, 6.45) is 2.41.